The Morgan fingerprint density at radius 3 is 2.54 bits per heavy atom. The average Bonchev–Trinajstić information content (AvgIpc) is 3.11. The predicted molar refractivity (Wildman–Crippen MR) is 104 cm³/mol. The maximum Gasteiger partial charge on any atom is 0.308 e. The zero-order valence-corrected chi connectivity index (χ0v) is 16.4. The average molecular weight is 432 g/mol. The Morgan fingerprint density at radius 1 is 1.12 bits per heavy atom. The molecule has 3 aromatic rings. The van der Waals surface area contributed by atoms with Gasteiger partial charge in [-0.2, -0.15) is 0 Å². The number of hydrogen-bond acceptors (Lipinski definition) is 6. The molecule has 132 valence electrons. The molecule has 0 bridgehead atoms. The number of halogens is 1. The highest BCUT2D eigenvalue weighted by molar-refractivity contribution is 9.10. The summed E-state index contributed by atoms with van der Waals surface area (Å²) in [7, 11) is 1.63. The van der Waals surface area contributed by atoms with E-state index in [-0.39, 0.29) is 5.91 Å². The normalized spacial score (nSPS) is 10.4. The number of anilines is 1. The van der Waals surface area contributed by atoms with Crippen LogP contribution in [0.15, 0.2) is 53.0 Å². The Hall–Kier alpha value is -2.58. The van der Waals surface area contributed by atoms with Crippen LogP contribution in [0.25, 0.3) is 10.6 Å². The zero-order chi connectivity index (χ0) is 18.7. The lowest BCUT2D eigenvalue weighted by Gasteiger charge is -2.13. The summed E-state index contributed by atoms with van der Waals surface area (Å²) in [6.07, 6.45) is 0. The zero-order valence-electron chi connectivity index (χ0n) is 14.0. The first-order valence-corrected chi connectivity index (χ1v) is 9.21. The third-order valence-corrected chi connectivity index (χ3v) is 5.02. The van der Waals surface area contributed by atoms with Gasteiger partial charge in [-0.15, -0.1) is 10.2 Å². The van der Waals surface area contributed by atoms with Crippen molar-refractivity contribution < 1.29 is 14.3 Å². The molecule has 1 heterocycles. The number of hydrogen-bond donors (Lipinski definition) is 0. The lowest BCUT2D eigenvalue weighted by Crippen LogP contribution is -2.26. The number of rotatable bonds is 4. The van der Waals surface area contributed by atoms with E-state index < -0.39 is 5.97 Å². The van der Waals surface area contributed by atoms with E-state index in [0.717, 1.165) is 15.0 Å². The number of esters is 1. The van der Waals surface area contributed by atoms with Crippen molar-refractivity contribution in [3.63, 3.8) is 0 Å². The van der Waals surface area contributed by atoms with E-state index in [1.165, 1.54) is 29.2 Å². The first kappa shape index (κ1) is 18.2. The molecule has 0 radical (unpaired) electrons. The highest BCUT2D eigenvalue weighted by Crippen LogP contribution is 2.29. The smallest absolute Gasteiger partial charge is 0.308 e. The van der Waals surface area contributed by atoms with E-state index in [4.69, 9.17) is 4.74 Å². The SMILES string of the molecule is CC(=O)Oc1cccc(C(=O)N(C)c2nnc(-c3ccc(Br)cc3)s2)c1. The minimum Gasteiger partial charge on any atom is -0.427 e. The molecule has 0 saturated carbocycles. The molecule has 0 unspecified atom stereocenters. The fraction of sp³-hybridized carbons (Fsp3) is 0.111. The van der Waals surface area contributed by atoms with Crippen molar-refractivity contribution in [2.45, 2.75) is 6.92 Å². The van der Waals surface area contributed by atoms with E-state index in [1.54, 1.807) is 25.2 Å². The summed E-state index contributed by atoms with van der Waals surface area (Å²) in [5, 5.41) is 9.47. The summed E-state index contributed by atoms with van der Waals surface area (Å²) in [4.78, 5) is 25.2. The predicted octanol–water partition coefficient (Wildman–Crippen LogP) is 4.17. The van der Waals surface area contributed by atoms with Crippen molar-refractivity contribution in [3.8, 4) is 16.3 Å². The van der Waals surface area contributed by atoms with Gasteiger partial charge in [0, 0.05) is 29.6 Å². The monoisotopic (exact) mass is 431 g/mol. The molecule has 0 aliphatic rings. The maximum atomic E-state index is 12.7. The third kappa shape index (κ3) is 4.14. The minimum atomic E-state index is -0.439. The summed E-state index contributed by atoms with van der Waals surface area (Å²) in [6.45, 7) is 1.31. The fourth-order valence-electron chi connectivity index (χ4n) is 2.20. The number of nitrogens with zero attached hydrogens (tertiary/aromatic N) is 3. The van der Waals surface area contributed by atoms with Crippen molar-refractivity contribution in [2.75, 3.05) is 11.9 Å². The second-order valence-corrected chi connectivity index (χ2v) is 7.25. The number of carbonyl (C=O) groups is 2. The molecule has 0 spiro atoms. The summed E-state index contributed by atoms with van der Waals surface area (Å²) >= 11 is 4.72. The summed E-state index contributed by atoms with van der Waals surface area (Å²) < 4.78 is 6.00. The molecule has 3 rings (SSSR count). The highest BCUT2D eigenvalue weighted by Gasteiger charge is 2.19. The van der Waals surface area contributed by atoms with Gasteiger partial charge in [0.05, 0.1) is 0 Å². The number of amides is 1. The van der Waals surface area contributed by atoms with Gasteiger partial charge in [-0.1, -0.05) is 45.5 Å². The van der Waals surface area contributed by atoms with Gasteiger partial charge in [0.15, 0.2) is 0 Å². The molecule has 8 heteroatoms. The topological polar surface area (TPSA) is 72.4 Å². The van der Waals surface area contributed by atoms with Crippen LogP contribution in [0.4, 0.5) is 5.13 Å². The molecular formula is C18H14BrN3O3S. The summed E-state index contributed by atoms with van der Waals surface area (Å²) in [5.74, 6) is -0.381. The summed E-state index contributed by atoms with van der Waals surface area (Å²) in [6, 6.07) is 14.2. The lowest BCUT2D eigenvalue weighted by molar-refractivity contribution is -0.131. The fourth-order valence-corrected chi connectivity index (χ4v) is 3.27. The maximum absolute atomic E-state index is 12.7. The Kier molecular flexibility index (Phi) is 5.43. The number of aromatic nitrogens is 2. The highest BCUT2D eigenvalue weighted by atomic mass is 79.9. The molecule has 0 fully saturated rings. The van der Waals surface area contributed by atoms with Gasteiger partial charge in [0.1, 0.15) is 10.8 Å². The first-order valence-electron chi connectivity index (χ1n) is 7.60. The molecule has 2 aromatic carbocycles. The van der Waals surface area contributed by atoms with Crippen LogP contribution in [0.2, 0.25) is 0 Å². The van der Waals surface area contributed by atoms with Crippen LogP contribution in [0.5, 0.6) is 5.75 Å². The molecule has 0 atom stereocenters. The molecule has 0 N–H and O–H groups in total. The quantitative estimate of drug-likeness (QED) is 0.457. The Bertz CT molecular complexity index is 956. The van der Waals surface area contributed by atoms with Gasteiger partial charge < -0.3 is 4.74 Å². The third-order valence-electron chi connectivity index (χ3n) is 3.44. The lowest BCUT2D eigenvalue weighted by atomic mass is 10.2. The Labute approximate surface area is 162 Å². The van der Waals surface area contributed by atoms with Crippen LogP contribution >= 0.6 is 27.3 Å². The Balaban J connectivity index is 1.81. The van der Waals surface area contributed by atoms with E-state index in [0.29, 0.717) is 16.4 Å². The van der Waals surface area contributed by atoms with E-state index in [9.17, 15) is 9.59 Å². The van der Waals surface area contributed by atoms with Crippen molar-refractivity contribution in [3.05, 3.63) is 58.6 Å². The van der Waals surface area contributed by atoms with Crippen molar-refractivity contribution in [1.82, 2.24) is 10.2 Å². The second-order valence-electron chi connectivity index (χ2n) is 5.38. The van der Waals surface area contributed by atoms with Crippen molar-refractivity contribution in [1.29, 1.82) is 0 Å². The molecule has 0 aliphatic heterocycles. The van der Waals surface area contributed by atoms with Gasteiger partial charge in [-0.05, 0) is 30.3 Å². The van der Waals surface area contributed by atoms with Crippen LogP contribution in [0.1, 0.15) is 17.3 Å². The van der Waals surface area contributed by atoms with Crippen LogP contribution < -0.4 is 9.64 Å². The number of ether oxygens (including phenoxy) is 1. The molecule has 1 aromatic heterocycles. The van der Waals surface area contributed by atoms with Gasteiger partial charge >= 0.3 is 5.97 Å². The molecule has 0 saturated heterocycles. The minimum absolute atomic E-state index is 0.266. The van der Waals surface area contributed by atoms with Gasteiger partial charge in [0.2, 0.25) is 5.13 Å². The van der Waals surface area contributed by atoms with Crippen LogP contribution in [0, 0.1) is 0 Å². The molecule has 0 aliphatic carbocycles. The molecular weight excluding hydrogens is 418 g/mol. The molecule has 6 nitrogen and oxygen atoms in total. The number of carbonyl (C=O) groups excluding carboxylic acids is 2. The first-order chi connectivity index (χ1) is 12.4. The standard InChI is InChI=1S/C18H14BrN3O3S/c1-11(23)25-15-5-3-4-13(10-15)17(24)22(2)18-21-20-16(26-18)12-6-8-14(19)9-7-12/h3-10H,1-2H3. The largest absolute Gasteiger partial charge is 0.427 e. The summed E-state index contributed by atoms with van der Waals surface area (Å²) in [5.41, 5.74) is 1.32. The molecule has 26 heavy (non-hydrogen) atoms. The van der Waals surface area contributed by atoms with Crippen LogP contribution in [-0.4, -0.2) is 29.1 Å². The number of benzene rings is 2. The Morgan fingerprint density at radius 2 is 1.85 bits per heavy atom. The van der Waals surface area contributed by atoms with Crippen molar-refractivity contribution in [2.24, 2.45) is 0 Å². The van der Waals surface area contributed by atoms with Gasteiger partial charge in [-0.25, -0.2) is 0 Å². The molecule has 1 amide bonds. The van der Waals surface area contributed by atoms with E-state index in [2.05, 4.69) is 26.1 Å². The van der Waals surface area contributed by atoms with Crippen LogP contribution in [0.3, 0.4) is 0 Å². The van der Waals surface area contributed by atoms with Crippen molar-refractivity contribution >= 4 is 44.3 Å². The second kappa shape index (κ2) is 7.76. The van der Waals surface area contributed by atoms with E-state index >= 15 is 0 Å². The van der Waals surface area contributed by atoms with E-state index in [1.807, 2.05) is 24.3 Å². The van der Waals surface area contributed by atoms with Crippen LogP contribution in [-0.2, 0) is 4.79 Å². The van der Waals surface area contributed by atoms with Gasteiger partial charge in [-0.3, -0.25) is 14.5 Å². The van der Waals surface area contributed by atoms with Gasteiger partial charge in [0.25, 0.3) is 5.91 Å².